The molecule has 4 heteroatoms. The van der Waals surface area contributed by atoms with Gasteiger partial charge in [0, 0.05) is 26.5 Å². The second-order valence-electron chi connectivity index (χ2n) is 4.61. The van der Waals surface area contributed by atoms with Crippen LogP contribution in [0.2, 0.25) is 0 Å². The zero-order chi connectivity index (χ0) is 13.8. The molecule has 0 unspecified atom stereocenters. The third-order valence-corrected chi connectivity index (χ3v) is 2.54. The van der Waals surface area contributed by atoms with Crippen LogP contribution in [0.1, 0.15) is 52.7 Å². The number of nitrogens with zero attached hydrogens (tertiary/aromatic N) is 3. The second kappa shape index (κ2) is 11.2. The fourth-order valence-electron chi connectivity index (χ4n) is 1.62. The van der Waals surface area contributed by atoms with E-state index >= 15 is 0 Å². The smallest absolute Gasteiger partial charge is 0.0828 e. The van der Waals surface area contributed by atoms with Crippen LogP contribution < -0.4 is 0 Å². The molecule has 0 fully saturated rings. The third-order valence-electron chi connectivity index (χ3n) is 2.54. The summed E-state index contributed by atoms with van der Waals surface area (Å²) in [5, 5.41) is 8.26. The topological polar surface area (TPSA) is 39.9 Å². The summed E-state index contributed by atoms with van der Waals surface area (Å²) >= 11 is 0. The Morgan fingerprint density at radius 3 is 2.61 bits per heavy atom. The highest BCUT2D eigenvalue weighted by Crippen LogP contribution is 2.05. The van der Waals surface area contributed by atoms with Crippen LogP contribution in [0.4, 0.5) is 0 Å². The van der Waals surface area contributed by atoms with E-state index in [4.69, 9.17) is 4.74 Å². The van der Waals surface area contributed by atoms with E-state index in [1.54, 1.807) is 7.11 Å². The van der Waals surface area contributed by atoms with Gasteiger partial charge in [-0.1, -0.05) is 32.9 Å². The second-order valence-corrected chi connectivity index (χ2v) is 4.61. The van der Waals surface area contributed by atoms with Gasteiger partial charge >= 0.3 is 0 Å². The molecule has 4 nitrogen and oxygen atoms in total. The van der Waals surface area contributed by atoms with Crippen LogP contribution >= 0.6 is 0 Å². The summed E-state index contributed by atoms with van der Waals surface area (Å²) in [5.74, 6) is 0.768. The molecule has 0 radical (unpaired) electrons. The highest BCUT2D eigenvalue weighted by molar-refractivity contribution is 4.92. The van der Waals surface area contributed by atoms with E-state index in [0.717, 1.165) is 37.6 Å². The summed E-state index contributed by atoms with van der Waals surface area (Å²) in [6.07, 6.45) is 6.45. The van der Waals surface area contributed by atoms with Gasteiger partial charge < -0.3 is 4.74 Å². The van der Waals surface area contributed by atoms with E-state index in [1.807, 2.05) is 18.5 Å². The van der Waals surface area contributed by atoms with Crippen molar-refractivity contribution < 1.29 is 4.74 Å². The fourth-order valence-corrected chi connectivity index (χ4v) is 1.62. The molecule has 0 atom stereocenters. The van der Waals surface area contributed by atoms with Crippen molar-refractivity contribution in [2.45, 2.75) is 59.9 Å². The van der Waals surface area contributed by atoms with Crippen LogP contribution in [0.25, 0.3) is 0 Å². The van der Waals surface area contributed by atoms with E-state index in [-0.39, 0.29) is 0 Å². The predicted octanol–water partition coefficient (Wildman–Crippen LogP) is 3.32. The van der Waals surface area contributed by atoms with Crippen LogP contribution in [-0.4, -0.2) is 28.7 Å². The first-order chi connectivity index (χ1) is 8.72. The first-order valence-corrected chi connectivity index (χ1v) is 7.10. The number of aryl methyl sites for hydroxylation is 2. The number of hydrogen-bond donors (Lipinski definition) is 0. The summed E-state index contributed by atoms with van der Waals surface area (Å²) < 4.78 is 6.96. The molecule has 1 aromatic rings. The lowest BCUT2D eigenvalue weighted by Crippen LogP contribution is -2.00. The highest BCUT2D eigenvalue weighted by atomic mass is 16.5. The molecule has 0 N–H and O–H groups in total. The quantitative estimate of drug-likeness (QED) is 0.669. The highest BCUT2D eigenvalue weighted by Gasteiger charge is 2.01. The van der Waals surface area contributed by atoms with Gasteiger partial charge in [0.25, 0.3) is 0 Å². The zero-order valence-corrected chi connectivity index (χ0v) is 12.6. The molecule has 0 spiro atoms. The summed E-state index contributed by atoms with van der Waals surface area (Å²) in [6, 6.07) is 0. The Balaban J connectivity index is 0.00000137. The molecular weight excluding hydrogens is 226 g/mol. The van der Waals surface area contributed by atoms with Crippen LogP contribution in [-0.2, 0) is 17.7 Å². The van der Waals surface area contributed by atoms with Crippen molar-refractivity contribution in [2.75, 3.05) is 13.7 Å². The van der Waals surface area contributed by atoms with E-state index < -0.39 is 0 Å². The maximum absolute atomic E-state index is 5.01. The van der Waals surface area contributed by atoms with E-state index in [1.165, 1.54) is 12.8 Å². The first-order valence-electron chi connectivity index (χ1n) is 7.10. The van der Waals surface area contributed by atoms with Crippen molar-refractivity contribution >= 4 is 0 Å². The first kappa shape index (κ1) is 17.1. The monoisotopic (exact) mass is 255 g/mol. The van der Waals surface area contributed by atoms with E-state index in [2.05, 4.69) is 30.4 Å². The lowest BCUT2D eigenvalue weighted by molar-refractivity contribution is 0.195. The lowest BCUT2D eigenvalue weighted by atomic mass is 10.1. The van der Waals surface area contributed by atoms with Crippen LogP contribution in [0, 0.1) is 5.92 Å². The van der Waals surface area contributed by atoms with Crippen molar-refractivity contribution in [2.24, 2.45) is 5.92 Å². The molecule has 0 aromatic carbocycles. The van der Waals surface area contributed by atoms with Gasteiger partial charge in [-0.25, -0.2) is 0 Å². The van der Waals surface area contributed by atoms with Crippen LogP contribution in [0.3, 0.4) is 0 Å². The largest absolute Gasteiger partial charge is 0.385 e. The minimum absolute atomic E-state index is 0.768. The Bertz CT molecular complexity index is 284. The number of aromatic nitrogens is 3. The van der Waals surface area contributed by atoms with E-state index in [9.17, 15) is 0 Å². The Labute approximate surface area is 112 Å². The molecule has 0 aliphatic rings. The molecule has 1 aromatic heterocycles. The van der Waals surface area contributed by atoms with Gasteiger partial charge in [0.1, 0.15) is 0 Å². The summed E-state index contributed by atoms with van der Waals surface area (Å²) in [4.78, 5) is 0. The maximum atomic E-state index is 5.01. The minimum Gasteiger partial charge on any atom is -0.385 e. The molecule has 1 rings (SSSR count). The fraction of sp³-hybridized carbons (Fsp3) is 0.857. The lowest BCUT2D eigenvalue weighted by Gasteiger charge is -2.03. The van der Waals surface area contributed by atoms with Gasteiger partial charge in [0.15, 0.2) is 0 Å². The maximum Gasteiger partial charge on any atom is 0.0828 e. The molecule has 0 aliphatic heterocycles. The molecule has 1 heterocycles. The third kappa shape index (κ3) is 8.23. The Hall–Kier alpha value is -0.900. The Kier molecular flexibility index (Phi) is 10.6. The van der Waals surface area contributed by atoms with Crippen molar-refractivity contribution in [3.8, 4) is 0 Å². The van der Waals surface area contributed by atoms with Gasteiger partial charge in [-0.05, 0) is 31.6 Å². The zero-order valence-electron chi connectivity index (χ0n) is 12.6. The van der Waals surface area contributed by atoms with Gasteiger partial charge in [-0.2, -0.15) is 0 Å². The summed E-state index contributed by atoms with van der Waals surface area (Å²) in [7, 11) is 1.72. The van der Waals surface area contributed by atoms with Crippen molar-refractivity contribution in [3.05, 3.63) is 11.9 Å². The number of rotatable bonds is 8. The average Bonchev–Trinajstić information content (AvgIpc) is 2.80. The summed E-state index contributed by atoms with van der Waals surface area (Å²) in [5.41, 5.74) is 1.07. The molecule has 0 aliphatic carbocycles. The Morgan fingerprint density at radius 2 is 2.00 bits per heavy atom. The molecule has 0 amide bonds. The van der Waals surface area contributed by atoms with Crippen molar-refractivity contribution in [1.29, 1.82) is 0 Å². The van der Waals surface area contributed by atoms with E-state index in [0.29, 0.717) is 0 Å². The standard InChI is InChI=1S/C12H23N3O.C2H6/c1-11(2)6-4-8-15-10-12(13-14-15)7-5-9-16-3;1-2/h10-11H,4-9H2,1-3H3;1-2H3. The predicted molar refractivity (Wildman–Crippen MR) is 75.6 cm³/mol. The van der Waals surface area contributed by atoms with Crippen LogP contribution in [0.15, 0.2) is 6.20 Å². The number of hydrogen-bond acceptors (Lipinski definition) is 3. The normalized spacial score (nSPS) is 10.3. The SMILES string of the molecule is CC.COCCCc1cn(CCCC(C)C)nn1. The Morgan fingerprint density at radius 1 is 1.28 bits per heavy atom. The van der Waals surface area contributed by atoms with Crippen molar-refractivity contribution in [3.63, 3.8) is 0 Å². The molecule has 0 bridgehead atoms. The number of methoxy groups -OCH3 is 1. The van der Waals surface area contributed by atoms with Gasteiger partial charge in [-0.15, -0.1) is 5.10 Å². The van der Waals surface area contributed by atoms with Gasteiger partial charge in [0.2, 0.25) is 0 Å². The van der Waals surface area contributed by atoms with Gasteiger partial charge in [-0.3, -0.25) is 4.68 Å². The molecule has 0 saturated carbocycles. The molecule has 0 saturated heterocycles. The van der Waals surface area contributed by atoms with Crippen LogP contribution in [0.5, 0.6) is 0 Å². The number of ether oxygens (including phenoxy) is 1. The minimum atomic E-state index is 0.768. The molecular formula is C14H29N3O. The molecule has 18 heavy (non-hydrogen) atoms. The summed E-state index contributed by atoms with van der Waals surface area (Å²) in [6.45, 7) is 10.3. The average molecular weight is 255 g/mol. The molecule has 106 valence electrons. The van der Waals surface area contributed by atoms with Gasteiger partial charge in [0.05, 0.1) is 5.69 Å². The van der Waals surface area contributed by atoms with Crippen molar-refractivity contribution in [1.82, 2.24) is 15.0 Å².